The van der Waals surface area contributed by atoms with Crippen molar-refractivity contribution >= 4 is 29.4 Å². The van der Waals surface area contributed by atoms with Crippen LogP contribution in [0, 0.1) is 6.92 Å². The van der Waals surface area contributed by atoms with Gasteiger partial charge >= 0.3 is 5.97 Å². The Balaban J connectivity index is 1.54. The van der Waals surface area contributed by atoms with Crippen LogP contribution in [-0.4, -0.2) is 11.8 Å². The summed E-state index contributed by atoms with van der Waals surface area (Å²) in [6.45, 7) is 2.00. The number of hydrogen-bond donors (Lipinski definition) is 0. The van der Waals surface area contributed by atoms with Crippen molar-refractivity contribution in [3.63, 3.8) is 0 Å². The number of Topliss-reactive ketones (excluding diaryl/α,β-unsaturated/α-hetero) is 1. The summed E-state index contributed by atoms with van der Waals surface area (Å²) < 4.78 is 11.1. The van der Waals surface area contributed by atoms with E-state index in [-0.39, 0.29) is 11.5 Å². The molecule has 0 amide bonds. The van der Waals surface area contributed by atoms with Gasteiger partial charge in [-0.05, 0) is 55.0 Å². The zero-order valence-corrected chi connectivity index (χ0v) is 15.7. The molecule has 0 atom stereocenters. The molecule has 4 rings (SSSR count). The number of carbonyl (C=O) groups excluding carboxylic acids is 2. The van der Waals surface area contributed by atoms with Crippen LogP contribution < -0.4 is 9.47 Å². The normalized spacial score (nSPS) is 13.9. The average Bonchev–Trinajstić information content (AvgIpc) is 2.99. The maximum atomic E-state index is 12.5. The third-order valence-electron chi connectivity index (χ3n) is 4.31. The first-order valence-corrected chi connectivity index (χ1v) is 9.00. The number of fused-ring (bicyclic) bond motifs is 1. The van der Waals surface area contributed by atoms with E-state index in [1.807, 2.05) is 31.2 Å². The number of benzene rings is 3. The minimum atomic E-state index is -0.517. The summed E-state index contributed by atoms with van der Waals surface area (Å²) in [5.74, 6) is 0.176. The van der Waals surface area contributed by atoms with E-state index in [1.165, 1.54) is 6.07 Å². The molecule has 0 saturated carbocycles. The minimum absolute atomic E-state index is 0.203. The molecule has 0 aromatic heterocycles. The van der Waals surface area contributed by atoms with Crippen molar-refractivity contribution < 1.29 is 19.1 Å². The van der Waals surface area contributed by atoms with Gasteiger partial charge in [0.15, 0.2) is 5.76 Å². The van der Waals surface area contributed by atoms with E-state index >= 15 is 0 Å². The van der Waals surface area contributed by atoms with Gasteiger partial charge in [0.1, 0.15) is 11.5 Å². The van der Waals surface area contributed by atoms with Crippen LogP contribution in [0.1, 0.15) is 31.8 Å². The summed E-state index contributed by atoms with van der Waals surface area (Å²) in [6.07, 6.45) is 1.70. The summed E-state index contributed by atoms with van der Waals surface area (Å²) in [4.78, 5) is 24.8. The number of ketones is 1. The molecule has 1 heterocycles. The first-order chi connectivity index (χ1) is 13.5. The minimum Gasteiger partial charge on any atom is -0.452 e. The number of halogens is 1. The number of carbonyl (C=O) groups is 2. The molecule has 0 bridgehead atoms. The lowest BCUT2D eigenvalue weighted by atomic mass is 10.1. The van der Waals surface area contributed by atoms with Gasteiger partial charge in [-0.15, -0.1) is 0 Å². The van der Waals surface area contributed by atoms with Crippen molar-refractivity contribution in [1.29, 1.82) is 0 Å². The Morgan fingerprint density at radius 3 is 2.43 bits per heavy atom. The van der Waals surface area contributed by atoms with Crippen LogP contribution in [0.25, 0.3) is 6.08 Å². The van der Waals surface area contributed by atoms with Crippen molar-refractivity contribution in [3.8, 4) is 11.5 Å². The van der Waals surface area contributed by atoms with Gasteiger partial charge in [-0.3, -0.25) is 4.79 Å². The van der Waals surface area contributed by atoms with Gasteiger partial charge < -0.3 is 9.47 Å². The number of ether oxygens (including phenoxy) is 2. The van der Waals surface area contributed by atoms with Crippen LogP contribution in [0.2, 0.25) is 5.02 Å². The third kappa shape index (κ3) is 3.68. The highest BCUT2D eigenvalue weighted by Crippen LogP contribution is 2.35. The van der Waals surface area contributed by atoms with Crippen molar-refractivity contribution in [2.75, 3.05) is 0 Å². The highest BCUT2D eigenvalue weighted by molar-refractivity contribution is 6.30. The Kier molecular flexibility index (Phi) is 4.72. The predicted molar refractivity (Wildman–Crippen MR) is 107 cm³/mol. The third-order valence-corrected chi connectivity index (χ3v) is 4.56. The van der Waals surface area contributed by atoms with Gasteiger partial charge in [0.05, 0.1) is 11.1 Å². The molecule has 4 nitrogen and oxygen atoms in total. The Morgan fingerprint density at radius 2 is 1.71 bits per heavy atom. The quantitative estimate of drug-likeness (QED) is 0.337. The Hall–Kier alpha value is -3.37. The first kappa shape index (κ1) is 18.0. The fourth-order valence-electron chi connectivity index (χ4n) is 2.80. The topological polar surface area (TPSA) is 52.6 Å². The number of allylic oxidation sites excluding steroid dienone is 1. The van der Waals surface area contributed by atoms with E-state index < -0.39 is 5.97 Å². The van der Waals surface area contributed by atoms with Gasteiger partial charge in [0, 0.05) is 11.1 Å². The second-order valence-electron chi connectivity index (χ2n) is 6.40. The molecule has 0 fully saturated rings. The van der Waals surface area contributed by atoms with Crippen LogP contribution in [0.4, 0.5) is 0 Å². The van der Waals surface area contributed by atoms with E-state index in [2.05, 4.69) is 0 Å². The lowest BCUT2D eigenvalue weighted by Gasteiger charge is -2.05. The second-order valence-corrected chi connectivity index (χ2v) is 6.84. The van der Waals surface area contributed by atoms with Crippen LogP contribution in [0.5, 0.6) is 11.5 Å². The highest BCUT2D eigenvalue weighted by Gasteiger charge is 2.28. The maximum Gasteiger partial charge on any atom is 0.343 e. The van der Waals surface area contributed by atoms with Crippen LogP contribution in [0.3, 0.4) is 0 Å². The molecular weight excluding hydrogens is 376 g/mol. The van der Waals surface area contributed by atoms with E-state index in [0.29, 0.717) is 27.6 Å². The van der Waals surface area contributed by atoms with Crippen molar-refractivity contribution in [2.24, 2.45) is 0 Å². The van der Waals surface area contributed by atoms with Crippen molar-refractivity contribution in [2.45, 2.75) is 6.92 Å². The molecule has 3 aromatic carbocycles. The standard InChI is InChI=1S/C23H15ClO4/c1-14-2-4-15(5-3-14)12-21-22(25)19-11-10-18(13-20(19)28-21)27-23(26)16-6-8-17(24)9-7-16/h2-13H,1H3. The van der Waals surface area contributed by atoms with Crippen molar-refractivity contribution in [1.82, 2.24) is 0 Å². The van der Waals surface area contributed by atoms with Gasteiger partial charge in [-0.25, -0.2) is 4.79 Å². The summed E-state index contributed by atoms with van der Waals surface area (Å²) in [5.41, 5.74) is 2.82. The molecule has 1 aliphatic rings. The largest absolute Gasteiger partial charge is 0.452 e. The van der Waals surface area contributed by atoms with Crippen molar-refractivity contribution in [3.05, 3.63) is 99.8 Å². The van der Waals surface area contributed by atoms with Gasteiger partial charge in [0.2, 0.25) is 5.78 Å². The van der Waals surface area contributed by atoms with Crippen LogP contribution in [-0.2, 0) is 0 Å². The summed E-state index contributed by atoms with van der Waals surface area (Å²) in [6, 6.07) is 18.9. The fourth-order valence-corrected chi connectivity index (χ4v) is 2.92. The molecule has 0 spiro atoms. The fraction of sp³-hybridized carbons (Fsp3) is 0.0435. The Labute approximate surface area is 167 Å². The maximum absolute atomic E-state index is 12.5. The molecule has 0 saturated heterocycles. The van der Waals surface area contributed by atoms with E-state index in [9.17, 15) is 9.59 Å². The lowest BCUT2D eigenvalue weighted by molar-refractivity contribution is 0.0734. The lowest BCUT2D eigenvalue weighted by Crippen LogP contribution is -2.08. The Morgan fingerprint density at radius 1 is 1.00 bits per heavy atom. The molecular formula is C23H15ClO4. The zero-order valence-electron chi connectivity index (χ0n) is 14.9. The summed E-state index contributed by atoms with van der Waals surface area (Å²) in [7, 11) is 0. The molecule has 0 N–H and O–H groups in total. The van der Waals surface area contributed by atoms with E-state index in [1.54, 1.807) is 42.5 Å². The van der Waals surface area contributed by atoms with Crippen LogP contribution >= 0.6 is 11.6 Å². The van der Waals surface area contributed by atoms with E-state index in [0.717, 1.165) is 11.1 Å². The molecule has 28 heavy (non-hydrogen) atoms. The number of hydrogen-bond acceptors (Lipinski definition) is 4. The number of aryl methyl sites for hydroxylation is 1. The molecule has 0 aliphatic carbocycles. The highest BCUT2D eigenvalue weighted by atomic mass is 35.5. The number of rotatable bonds is 3. The molecule has 5 heteroatoms. The molecule has 1 aliphatic heterocycles. The summed E-state index contributed by atoms with van der Waals surface area (Å²) >= 11 is 5.83. The monoisotopic (exact) mass is 390 g/mol. The smallest absolute Gasteiger partial charge is 0.343 e. The van der Waals surface area contributed by atoms with E-state index in [4.69, 9.17) is 21.1 Å². The summed E-state index contributed by atoms with van der Waals surface area (Å²) in [5, 5.41) is 0.536. The SMILES string of the molecule is Cc1ccc(C=C2Oc3cc(OC(=O)c4ccc(Cl)cc4)ccc3C2=O)cc1. The molecule has 0 unspecified atom stereocenters. The number of esters is 1. The Bertz CT molecular complexity index is 1100. The average molecular weight is 391 g/mol. The second kappa shape index (κ2) is 7.33. The first-order valence-electron chi connectivity index (χ1n) is 8.62. The molecule has 138 valence electrons. The predicted octanol–water partition coefficient (Wildman–Crippen LogP) is 5.48. The van der Waals surface area contributed by atoms with Gasteiger partial charge in [0.25, 0.3) is 0 Å². The zero-order chi connectivity index (χ0) is 19.7. The molecule has 0 radical (unpaired) electrons. The van der Waals surface area contributed by atoms with Gasteiger partial charge in [-0.1, -0.05) is 41.4 Å². The van der Waals surface area contributed by atoms with Crippen LogP contribution in [0.15, 0.2) is 72.5 Å². The van der Waals surface area contributed by atoms with Gasteiger partial charge in [-0.2, -0.15) is 0 Å². The molecule has 3 aromatic rings.